The molecule has 0 bridgehead atoms. The minimum Gasteiger partial charge on any atom is -0.495 e. The van der Waals surface area contributed by atoms with Crippen molar-refractivity contribution in [2.24, 2.45) is 0 Å². The van der Waals surface area contributed by atoms with Crippen LogP contribution >= 0.6 is 0 Å². The van der Waals surface area contributed by atoms with Gasteiger partial charge in [-0.2, -0.15) is 0 Å². The smallest absolute Gasteiger partial charge is 0.410 e. The summed E-state index contributed by atoms with van der Waals surface area (Å²) in [6, 6.07) is 3.47. The van der Waals surface area contributed by atoms with Crippen LogP contribution in [0.2, 0.25) is 0 Å². The van der Waals surface area contributed by atoms with Crippen LogP contribution in [0.25, 0.3) is 0 Å². The number of β-amino-alcohol motifs (C(OH)–C–C–N with tert-alkyl or cyclic N) is 1. The SMILES string of the molecule is COc1ccc(C2(O)CCN(C(=O)OC(C)(C)C)C2)nc1. The Bertz CT molecular complexity index is 509. The fourth-order valence-corrected chi connectivity index (χ4v) is 2.26. The quantitative estimate of drug-likeness (QED) is 0.902. The van der Waals surface area contributed by atoms with Gasteiger partial charge in [0.15, 0.2) is 0 Å². The summed E-state index contributed by atoms with van der Waals surface area (Å²) in [5, 5.41) is 10.7. The Morgan fingerprint density at radius 3 is 2.67 bits per heavy atom. The first kappa shape index (κ1) is 15.6. The zero-order valence-corrected chi connectivity index (χ0v) is 12.9. The molecule has 0 saturated carbocycles. The summed E-state index contributed by atoms with van der Waals surface area (Å²) in [4.78, 5) is 17.8. The number of likely N-dealkylation sites (tertiary alicyclic amines) is 1. The number of carbonyl (C=O) groups excluding carboxylic acids is 1. The second kappa shape index (κ2) is 5.52. The van der Waals surface area contributed by atoms with E-state index in [1.165, 1.54) is 4.90 Å². The van der Waals surface area contributed by atoms with Gasteiger partial charge in [0.25, 0.3) is 0 Å². The van der Waals surface area contributed by atoms with Crippen molar-refractivity contribution >= 4 is 6.09 Å². The van der Waals surface area contributed by atoms with Crippen LogP contribution in [0.5, 0.6) is 5.75 Å². The van der Waals surface area contributed by atoms with Crippen LogP contribution in [-0.2, 0) is 10.3 Å². The van der Waals surface area contributed by atoms with Gasteiger partial charge in [0.1, 0.15) is 17.0 Å². The Balaban J connectivity index is 2.07. The standard InChI is InChI=1S/C15H22N2O4/c1-14(2,3)21-13(18)17-8-7-15(19,10-17)12-6-5-11(20-4)9-16-12/h5-6,9,19H,7-8,10H2,1-4H3. The third-order valence-electron chi connectivity index (χ3n) is 3.35. The van der Waals surface area contributed by atoms with E-state index >= 15 is 0 Å². The summed E-state index contributed by atoms with van der Waals surface area (Å²) < 4.78 is 10.4. The molecule has 0 radical (unpaired) electrons. The highest BCUT2D eigenvalue weighted by molar-refractivity contribution is 5.68. The lowest BCUT2D eigenvalue weighted by Gasteiger charge is -2.26. The Morgan fingerprint density at radius 1 is 1.43 bits per heavy atom. The molecule has 2 rings (SSSR count). The number of pyridine rings is 1. The Morgan fingerprint density at radius 2 is 2.14 bits per heavy atom. The first-order valence-electron chi connectivity index (χ1n) is 6.94. The largest absolute Gasteiger partial charge is 0.495 e. The van der Waals surface area contributed by atoms with Gasteiger partial charge in [0.05, 0.1) is 25.5 Å². The molecule has 1 saturated heterocycles. The number of hydrogen-bond acceptors (Lipinski definition) is 5. The summed E-state index contributed by atoms with van der Waals surface area (Å²) >= 11 is 0. The monoisotopic (exact) mass is 294 g/mol. The molecule has 116 valence electrons. The molecule has 2 heterocycles. The summed E-state index contributed by atoms with van der Waals surface area (Å²) in [6.07, 6.45) is 1.58. The van der Waals surface area contributed by atoms with Crippen molar-refractivity contribution < 1.29 is 19.4 Å². The van der Waals surface area contributed by atoms with Crippen LogP contribution in [0.3, 0.4) is 0 Å². The van der Waals surface area contributed by atoms with E-state index < -0.39 is 17.3 Å². The van der Waals surface area contributed by atoms with E-state index in [0.29, 0.717) is 24.4 Å². The van der Waals surface area contributed by atoms with Crippen molar-refractivity contribution in [3.05, 3.63) is 24.0 Å². The number of hydrogen-bond donors (Lipinski definition) is 1. The van der Waals surface area contributed by atoms with Crippen molar-refractivity contribution in [1.82, 2.24) is 9.88 Å². The first-order chi connectivity index (χ1) is 9.73. The molecule has 1 unspecified atom stereocenters. The van der Waals surface area contributed by atoms with E-state index in [0.717, 1.165) is 0 Å². The molecular formula is C15H22N2O4. The molecule has 1 aliphatic rings. The van der Waals surface area contributed by atoms with Crippen molar-refractivity contribution in [2.45, 2.75) is 38.4 Å². The molecule has 1 aromatic rings. The molecule has 0 aliphatic carbocycles. The summed E-state index contributed by atoms with van der Waals surface area (Å²) in [5.74, 6) is 0.629. The zero-order chi connectivity index (χ0) is 15.7. The van der Waals surface area contributed by atoms with Gasteiger partial charge in [-0.1, -0.05) is 0 Å². The first-order valence-corrected chi connectivity index (χ1v) is 6.94. The van der Waals surface area contributed by atoms with Crippen LogP contribution < -0.4 is 4.74 Å². The van der Waals surface area contributed by atoms with Crippen LogP contribution in [0.15, 0.2) is 18.3 Å². The average molecular weight is 294 g/mol. The third kappa shape index (κ3) is 3.64. The average Bonchev–Trinajstić information content (AvgIpc) is 2.81. The van der Waals surface area contributed by atoms with Gasteiger partial charge in [-0.15, -0.1) is 0 Å². The minimum atomic E-state index is -1.14. The lowest BCUT2D eigenvalue weighted by molar-refractivity contribution is 0.0126. The maximum atomic E-state index is 12.0. The Kier molecular flexibility index (Phi) is 4.09. The predicted molar refractivity (Wildman–Crippen MR) is 77.1 cm³/mol. The number of nitrogens with zero attached hydrogens (tertiary/aromatic N) is 2. The zero-order valence-electron chi connectivity index (χ0n) is 12.9. The molecule has 21 heavy (non-hydrogen) atoms. The third-order valence-corrected chi connectivity index (χ3v) is 3.35. The van der Waals surface area contributed by atoms with Gasteiger partial charge in [-0.25, -0.2) is 4.79 Å². The molecule has 1 atom stereocenters. The summed E-state index contributed by atoms with van der Waals surface area (Å²) in [7, 11) is 1.56. The predicted octanol–water partition coefficient (Wildman–Crippen LogP) is 1.92. The van der Waals surface area contributed by atoms with E-state index in [-0.39, 0.29) is 6.54 Å². The molecule has 6 heteroatoms. The van der Waals surface area contributed by atoms with Crippen molar-refractivity contribution in [3.8, 4) is 5.75 Å². The van der Waals surface area contributed by atoms with Gasteiger partial charge in [-0.05, 0) is 32.9 Å². The van der Waals surface area contributed by atoms with E-state index in [1.54, 1.807) is 25.4 Å². The van der Waals surface area contributed by atoms with Crippen molar-refractivity contribution in [3.63, 3.8) is 0 Å². The topological polar surface area (TPSA) is 71.9 Å². The maximum Gasteiger partial charge on any atom is 0.410 e. The van der Waals surface area contributed by atoms with Crippen molar-refractivity contribution in [1.29, 1.82) is 0 Å². The highest BCUT2D eigenvalue weighted by Crippen LogP contribution is 2.32. The van der Waals surface area contributed by atoms with Crippen LogP contribution in [0.1, 0.15) is 32.9 Å². The van der Waals surface area contributed by atoms with Gasteiger partial charge in [-0.3, -0.25) is 4.98 Å². The molecule has 0 spiro atoms. The normalized spacial score (nSPS) is 22.2. The van der Waals surface area contributed by atoms with E-state index in [2.05, 4.69) is 4.98 Å². The number of aromatic nitrogens is 1. The lowest BCUT2D eigenvalue weighted by atomic mass is 9.98. The second-order valence-corrected chi connectivity index (χ2v) is 6.27. The van der Waals surface area contributed by atoms with Gasteiger partial charge in [0, 0.05) is 13.0 Å². The number of methoxy groups -OCH3 is 1. The van der Waals surface area contributed by atoms with Crippen LogP contribution in [-0.4, -0.2) is 46.9 Å². The lowest BCUT2D eigenvalue weighted by Crippen LogP contribution is -2.38. The van der Waals surface area contributed by atoms with Crippen LogP contribution in [0, 0.1) is 0 Å². The van der Waals surface area contributed by atoms with E-state index in [9.17, 15) is 9.90 Å². The minimum absolute atomic E-state index is 0.182. The highest BCUT2D eigenvalue weighted by Gasteiger charge is 2.42. The number of aliphatic hydroxyl groups is 1. The van der Waals surface area contributed by atoms with Crippen molar-refractivity contribution in [2.75, 3.05) is 20.2 Å². The Labute approximate surface area is 124 Å². The van der Waals surface area contributed by atoms with Gasteiger partial charge >= 0.3 is 6.09 Å². The summed E-state index contributed by atoms with van der Waals surface area (Å²) in [6.45, 7) is 6.08. The number of ether oxygens (including phenoxy) is 2. The Hall–Kier alpha value is -1.82. The van der Waals surface area contributed by atoms with Crippen LogP contribution in [0.4, 0.5) is 4.79 Å². The van der Waals surface area contributed by atoms with E-state index in [1.807, 2.05) is 20.8 Å². The molecule has 1 fully saturated rings. The molecule has 0 aromatic carbocycles. The van der Waals surface area contributed by atoms with Gasteiger partial charge < -0.3 is 19.5 Å². The molecular weight excluding hydrogens is 272 g/mol. The molecule has 1 aliphatic heterocycles. The van der Waals surface area contributed by atoms with E-state index in [4.69, 9.17) is 9.47 Å². The molecule has 6 nitrogen and oxygen atoms in total. The molecule has 1 aromatic heterocycles. The fourth-order valence-electron chi connectivity index (χ4n) is 2.26. The molecule has 1 N–H and O–H groups in total. The second-order valence-electron chi connectivity index (χ2n) is 6.27. The highest BCUT2D eigenvalue weighted by atomic mass is 16.6. The maximum absolute atomic E-state index is 12.0. The van der Waals surface area contributed by atoms with Gasteiger partial charge in [0.2, 0.25) is 0 Å². The fraction of sp³-hybridized carbons (Fsp3) is 0.600. The number of rotatable bonds is 2. The molecule has 1 amide bonds. The number of amides is 1. The summed E-state index contributed by atoms with van der Waals surface area (Å²) in [5.41, 5.74) is -1.14. The number of carbonyl (C=O) groups is 1.